The van der Waals surface area contributed by atoms with E-state index in [-0.39, 0.29) is 23.0 Å². The molecule has 1 aromatic carbocycles. The zero-order valence-electron chi connectivity index (χ0n) is 16.9. The third-order valence-corrected chi connectivity index (χ3v) is 6.57. The number of nitrogens with one attached hydrogen (secondary N) is 1. The van der Waals surface area contributed by atoms with Gasteiger partial charge in [-0.1, -0.05) is 17.9 Å². The van der Waals surface area contributed by atoms with E-state index in [4.69, 9.17) is 0 Å². The zero-order valence-corrected chi connectivity index (χ0v) is 17.7. The summed E-state index contributed by atoms with van der Waals surface area (Å²) in [6.07, 6.45) is 3.57. The van der Waals surface area contributed by atoms with Gasteiger partial charge in [-0.15, -0.1) is 0 Å². The Morgan fingerprint density at radius 3 is 2.65 bits per heavy atom. The number of benzene rings is 1. The molecule has 31 heavy (non-hydrogen) atoms. The maximum Gasteiger partial charge on any atom is 0.293 e. The fourth-order valence-electron chi connectivity index (χ4n) is 2.91. The summed E-state index contributed by atoms with van der Waals surface area (Å²) in [7, 11) is -1.27. The monoisotopic (exact) mass is 435 g/mol. The number of hydrogen-bond acceptors (Lipinski definition) is 6. The molecule has 1 N–H and O–H groups in total. The Hall–Kier alpha value is -3.29. The van der Waals surface area contributed by atoms with Crippen LogP contribution in [0.1, 0.15) is 28.4 Å². The van der Waals surface area contributed by atoms with Crippen molar-refractivity contribution in [2.75, 3.05) is 29.9 Å². The van der Waals surface area contributed by atoms with Crippen molar-refractivity contribution in [3.63, 3.8) is 0 Å². The first-order chi connectivity index (χ1) is 14.9. The summed E-state index contributed by atoms with van der Waals surface area (Å²) in [6.45, 7) is 2.25. The third-order valence-electron chi connectivity index (χ3n) is 4.44. The lowest BCUT2D eigenvalue weighted by molar-refractivity contribution is -0.114. The minimum atomic E-state index is -2.67. The molecule has 0 unspecified atom stereocenters. The maximum atomic E-state index is 12.8. The van der Waals surface area contributed by atoms with Crippen LogP contribution < -0.4 is 5.32 Å². The van der Waals surface area contributed by atoms with Crippen LogP contribution in [0.25, 0.3) is 0 Å². The minimum Gasteiger partial charge on any atom is -0.338 e. The van der Waals surface area contributed by atoms with Crippen molar-refractivity contribution < 1.29 is 18.6 Å². The van der Waals surface area contributed by atoms with Gasteiger partial charge in [-0.05, 0) is 37.4 Å². The fourth-order valence-corrected chi connectivity index (χ4v) is 4.75. The van der Waals surface area contributed by atoms with E-state index in [1.165, 1.54) is 26.7 Å². The summed E-state index contributed by atoms with van der Waals surface area (Å²) in [4.78, 5) is 40.1. The van der Waals surface area contributed by atoms with Crippen LogP contribution >= 0.6 is 0 Å². The van der Waals surface area contributed by atoms with Crippen LogP contribution in [0.5, 0.6) is 0 Å². The SMILES string of the molecule is CC(=O)Nc1cccc(C#Cc2cncc(C(=O)N=S3(=O)CCN([B]C=O)CC3)c2)c1. The van der Waals surface area contributed by atoms with E-state index in [0.717, 1.165) is 0 Å². The second-order valence-electron chi connectivity index (χ2n) is 6.87. The molecule has 1 aromatic heterocycles. The highest BCUT2D eigenvalue weighted by Gasteiger charge is 2.22. The molecular formula is C21H20BN4O4S. The molecule has 0 saturated carbocycles. The number of hydrogen-bond donors (Lipinski definition) is 1. The maximum absolute atomic E-state index is 12.8. The number of anilines is 1. The van der Waals surface area contributed by atoms with E-state index >= 15 is 0 Å². The highest BCUT2D eigenvalue weighted by molar-refractivity contribution is 7.94. The lowest BCUT2D eigenvalue weighted by Gasteiger charge is -2.26. The van der Waals surface area contributed by atoms with Crippen LogP contribution in [0.2, 0.25) is 0 Å². The molecule has 2 heterocycles. The molecule has 1 radical (unpaired) electrons. The van der Waals surface area contributed by atoms with Crippen molar-refractivity contribution >= 4 is 40.8 Å². The lowest BCUT2D eigenvalue weighted by Crippen LogP contribution is -2.42. The average molecular weight is 435 g/mol. The molecule has 1 fully saturated rings. The molecule has 10 heteroatoms. The Balaban J connectivity index is 1.75. The van der Waals surface area contributed by atoms with Gasteiger partial charge in [0, 0.05) is 47.6 Å². The third kappa shape index (κ3) is 6.60. The van der Waals surface area contributed by atoms with Gasteiger partial charge in [0.15, 0.2) is 0 Å². The van der Waals surface area contributed by atoms with Crippen LogP contribution in [0.3, 0.4) is 0 Å². The molecule has 0 aliphatic carbocycles. The van der Waals surface area contributed by atoms with Crippen molar-refractivity contribution in [3.8, 4) is 11.8 Å². The summed E-state index contributed by atoms with van der Waals surface area (Å²) in [5.74, 6) is 5.58. The summed E-state index contributed by atoms with van der Waals surface area (Å²) in [5, 5.41) is 2.69. The number of pyridine rings is 1. The summed E-state index contributed by atoms with van der Waals surface area (Å²) in [6, 6.07) is 8.64. The largest absolute Gasteiger partial charge is 0.338 e. The summed E-state index contributed by atoms with van der Waals surface area (Å²) >= 11 is 0. The van der Waals surface area contributed by atoms with E-state index in [1.807, 2.05) is 0 Å². The summed E-state index contributed by atoms with van der Waals surface area (Å²) in [5.41, 5.74) is 2.05. The number of carbonyl (C=O) groups is 3. The average Bonchev–Trinajstić information content (AvgIpc) is 2.74. The number of rotatable bonds is 4. The molecule has 1 saturated heterocycles. The van der Waals surface area contributed by atoms with Crippen molar-refractivity contribution in [1.82, 2.24) is 9.79 Å². The highest BCUT2D eigenvalue weighted by atomic mass is 32.2. The van der Waals surface area contributed by atoms with Crippen LogP contribution in [0.4, 0.5) is 5.69 Å². The number of carbonyl (C=O) groups excluding carboxylic acids is 3. The first-order valence-electron chi connectivity index (χ1n) is 9.51. The van der Waals surface area contributed by atoms with Gasteiger partial charge in [0.05, 0.1) is 21.5 Å². The van der Waals surface area contributed by atoms with E-state index in [1.54, 1.807) is 35.1 Å². The van der Waals surface area contributed by atoms with Gasteiger partial charge in [0.1, 0.15) is 0 Å². The van der Waals surface area contributed by atoms with Gasteiger partial charge in [0.2, 0.25) is 5.91 Å². The molecule has 0 atom stereocenters. The van der Waals surface area contributed by atoms with Gasteiger partial charge in [-0.25, -0.2) is 4.21 Å². The first kappa shape index (κ1) is 22.4. The Bertz CT molecular complexity index is 1180. The number of nitrogens with zero attached hydrogens (tertiary/aromatic N) is 3. The topological polar surface area (TPSA) is 109 Å². The van der Waals surface area contributed by atoms with Crippen molar-refractivity contribution in [1.29, 1.82) is 0 Å². The molecular weight excluding hydrogens is 415 g/mol. The van der Waals surface area contributed by atoms with Crippen molar-refractivity contribution in [3.05, 3.63) is 59.4 Å². The van der Waals surface area contributed by atoms with E-state index in [2.05, 4.69) is 26.5 Å². The quantitative estimate of drug-likeness (QED) is 0.439. The van der Waals surface area contributed by atoms with E-state index in [0.29, 0.717) is 36.1 Å². The van der Waals surface area contributed by atoms with Gasteiger partial charge in [-0.3, -0.25) is 14.6 Å². The van der Waals surface area contributed by atoms with Crippen LogP contribution in [-0.2, 0) is 19.3 Å². The van der Waals surface area contributed by atoms with Gasteiger partial charge in [0.25, 0.3) is 13.3 Å². The molecule has 0 spiro atoms. The number of amides is 2. The molecule has 1 aliphatic heterocycles. The molecule has 157 valence electrons. The van der Waals surface area contributed by atoms with Crippen LogP contribution in [0, 0.1) is 11.8 Å². The second kappa shape index (κ2) is 10.2. The zero-order chi connectivity index (χ0) is 22.3. The Morgan fingerprint density at radius 2 is 1.94 bits per heavy atom. The van der Waals surface area contributed by atoms with Gasteiger partial charge < -0.3 is 14.9 Å². The predicted molar refractivity (Wildman–Crippen MR) is 120 cm³/mol. The normalized spacial score (nSPS) is 15.1. The molecule has 2 aromatic rings. The summed E-state index contributed by atoms with van der Waals surface area (Å²) < 4.78 is 16.8. The second-order valence-corrected chi connectivity index (χ2v) is 9.42. The van der Waals surface area contributed by atoms with Gasteiger partial charge in [-0.2, -0.15) is 4.36 Å². The van der Waals surface area contributed by atoms with Crippen LogP contribution in [0.15, 0.2) is 47.1 Å². The molecule has 0 bridgehead atoms. The van der Waals surface area contributed by atoms with E-state index < -0.39 is 15.6 Å². The van der Waals surface area contributed by atoms with E-state index in [9.17, 15) is 18.6 Å². The Kier molecular flexibility index (Phi) is 7.34. The molecule has 8 nitrogen and oxygen atoms in total. The Morgan fingerprint density at radius 1 is 1.19 bits per heavy atom. The predicted octanol–water partition coefficient (Wildman–Crippen LogP) is 1.17. The standard InChI is InChI=1S/C21H20BN4O4S/c1-16(28)24-20-4-2-3-17(12-20)5-6-18-11-19(14-23-13-18)21(29)25-31(30)9-7-26(8-10-31)22-15-27/h2-4,11-15H,7-10H2,1H3,(H,24,28). The number of aromatic nitrogens is 1. The molecule has 3 rings (SSSR count). The first-order valence-corrected chi connectivity index (χ1v) is 11.4. The lowest BCUT2D eigenvalue weighted by atomic mass is 9.95. The molecule has 2 amide bonds. The Labute approximate surface area is 181 Å². The fraction of sp³-hybridized carbons (Fsp3) is 0.238. The highest BCUT2D eigenvalue weighted by Crippen LogP contribution is 2.12. The van der Waals surface area contributed by atoms with Crippen molar-refractivity contribution in [2.24, 2.45) is 4.36 Å². The van der Waals surface area contributed by atoms with Crippen molar-refractivity contribution in [2.45, 2.75) is 6.92 Å². The molecule has 1 aliphatic rings. The smallest absolute Gasteiger partial charge is 0.293 e. The van der Waals surface area contributed by atoms with Gasteiger partial charge >= 0.3 is 0 Å². The minimum absolute atomic E-state index is 0.171. The van der Waals surface area contributed by atoms with Crippen LogP contribution in [-0.4, -0.2) is 64.0 Å².